The summed E-state index contributed by atoms with van der Waals surface area (Å²) in [6.45, 7) is 4.43. The van der Waals surface area contributed by atoms with Gasteiger partial charge in [-0.3, -0.25) is 0 Å². The van der Waals surface area contributed by atoms with E-state index < -0.39 is 11.7 Å². The van der Waals surface area contributed by atoms with Crippen LogP contribution >= 0.6 is 11.6 Å². The highest BCUT2D eigenvalue weighted by atomic mass is 35.5. The zero-order chi connectivity index (χ0) is 8.69. The molecule has 3 nitrogen and oxygen atoms in total. The maximum Gasteiger partial charge on any atom is 0.406 e. The van der Waals surface area contributed by atoms with Gasteiger partial charge in [-0.25, -0.2) is 4.79 Å². The van der Waals surface area contributed by atoms with E-state index in [2.05, 4.69) is 4.74 Å². The third kappa shape index (κ3) is 6.13. The molecule has 0 amide bonds. The first-order valence-corrected chi connectivity index (χ1v) is 4.06. The summed E-state index contributed by atoms with van der Waals surface area (Å²) in [5.41, 5.74) is -0.812. The van der Waals surface area contributed by atoms with E-state index in [9.17, 15) is 4.79 Å². The van der Waals surface area contributed by atoms with Crippen molar-refractivity contribution >= 4 is 17.0 Å². The summed E-state index contributed by atoms with van der Waals surface area (Å²) in [6, 6.07) is 0. The van der Waals surface area contributed by atoms with E-state index in [0.29, 0.717) is 13.0 Å². The molecule has 0 aromatic rings. The predicted octanol–water partition coefficient (Wildman–Crippen LogP) is 2.52. The molecule has 0 aromatic heterocycles. The lowest BCUT2D eigenvalue weighted by atomic mass is 10.4. The lowest BCUT2D eigenvalue weighted by Crippen LogP contribution is -2.17. The zero-order valence-electron chi connectivity index (χ0n) is 6.80. The monoisotopic (exact) mass is 180 g/mol. The Hall–Kier alpha value is -0.280. The van der Waals surface area contributed by atoms with E-state index in [1.165, 1.54) is 0 Å². The Morgan fingerprint density at radius 3 is 2.55 bits per heavy atom. The topological polar surface area (TPSA) is 35.5 Å². The molecule has 0 N–H and O–H groups in total. The van der Waals surface area contributed by atoms with Crippen molar-refractivity contribution in [1.29, 1.82) is 0 Å². The first-order chi connectivity index (χ1) is 5.20. The van der Waals surface area contributed by atoms with Gasteiger partial charge < -0.3 is 9.47 Å². The van der Waals surface area contributed by atoms with Gasteiger partial charge in [-0.1, -0.05) is 13.8 Å². The molecule has 0 spiro atoms. The van der Waals surface area contributed by atoms with E-state index >= 15 is 0 Å². The number of carbonyl (C=O) groups excluding carboxylic acids is 1. The molecule has 0 rings (SSSR count). The maximum atomic E-state index is 10.2. The number of rotatable bonds is 5. The first-order valence-electron chi connectivity index (χ1n) is 3.68. The van der Waals surface area contributed by atoms with Crippen LogP contribution in [0, 0.1) is 0 Å². The molecule has 0 aromatic carbocycles. The highest BCUT2D eigenvalue weighted by molar-refractivity contribution is 6.61. The van der Waals surface area contributed by atoms with Crippen LogP contribution in [0.4, 0.5) is 4.79 Å². The second-order valence-electron chi connectivity index (χ2n) is 2.06. The number of halogens is 1. The van der Waals surface area contributed by atoms with E-state index in [1.54, 1.807) is 0 Å². The molecule has 0 saturated carbocycles. The number of hydrogen-bond acceptors (Lipinski definition) is 3. The van der Waals surface area contributed by atoms with Gasteiger partial charge in [0, 0.05) is 18.0 Å². The molecule has 4 heteroatoms. The number of ether oxygens (including phenoxy) is 2. The van der Waals surface area contributed by atoms with Gasteiger partial charge in [0.25, 0.3) is 0 Å². The lowest BCUT2D eigenvalue weighted by molar-refractivity contribution is -0.0980. The zero-order valence-corrected chi connectivity index (χ0v) is 7.56. The molecule has 0 aliphatic rings. The van der Waals surface area contributed by atoms with Gasteiger partial charge >= 0.3 is 5.43 Å². The molecule has 1 unspecified atom stereocenters. The van der Waals surface area contributed by atoms with Gasteiger partial charge in [0.2, 0.25) is 6.29 Å². The van der Waals surface area contributed by atoms with Crippen LogP contribution in [-0.4, -0.2) is 18.3 Å². The minimum absolute atomic E-state index is 0.486. The van der Waals surface area contributed by atoms with Crippen LogP contribution in [0.15, 0.2) is 0 Å². The smallest absolute Gasteiger partial charge is 0.406 e. The van der Waals surface area contributed by atoms with Gasteiger partial charge in [0.1, 0.15) is 0 Å². The number of carbonyl (C=O) groups is 1. The molecule has 0 radical (unpaired) electrons. The molecule has 1 atom stereocenters. The SMILES string of the molecule is CCCOC(CC)OC(=O)Cl. The van der Waals surface area contributed by atoms with Gasteiger partial charge in [-0.05, 0) is 6.42 Å². The highest BCUT2D eigenvalue weighted by Gasteiger charge is 2.09. The average molecular weight is 181 g/mol. The fourth-order valence-corrected chi connectivity index (χ4v) is 0.687. The fraction of sp³-hybridized carbons (Fsp3) is 0.857. The minimum atomic E-state index is -0.812. The summed E-state index contributed by atoms with van der Waals surface area (Å²) in [5.74, 6) is 0. The van der Waals surface area contributed by atoms with Crippen molar-refractivity contribution in [2.75, 3.05) is 6.61 Å². The molecule has 0 aliphatic heterocycles. The predicted molar refractivity (Wildman–Crippen MR) is 42.7 cm³/mol. The molecular weight excluding hydrogens is 168 g/mol. The maximum absolute atomic E-state index is 10.2. The van der Waals surface area contributed by atoms with Crippen molar-refractivity contribution in [2.45, 2.75) is 33.0 Å². The summed E-state index contributed by atoms with van der Waals surface area (Å²) in [7, 11) is 0. The average Bonchev–Trinajstić information content (AvgIpc) is 1.97. The molecule has 0 bridgehead atoms. The summed E-state index contributed by atoms with van der Waals surface area (Å²) in [4.78, 5) is 10.2. The molecule has 0 saturated heterocycles. The third-order valence-corrected chi connectivity index (χ3v) is 1.15. The Kier molecular flexibility index (Phi) is 6.27. The van der Waals surface area contributed by atoms with E-state index in [0.717, 1.165) is 6.42 Å². The fourth-order valence-electron chi connectivity index (χ4n) is 0.588. The van der Waals surface area contributed by atoms with Crippen LogP contribution in [0.25, 0.3) is 0 Å². The summed E-state index contributed by atoms with van der Waals surface area (Å²) in [5, 5.41) is 0. The summed E-state index contributed by atoms with van der Waals surface area (Å²) >= 11 is 4.99. The Morgan fingerprint density at radius 2 is 2.18 bits per heavy atom. The van der Waals surface area contributed by atoms with E-state index in [-0.39, 0.29) is 0 Å². The van der Waals surface area contributed by atoms with Gasteiger partial charge in [0.05, 0.1) is 6.61 Å². The standard InChI is InChI=1S/C7H13ClO3/c1-3-5-10-6(4-2)11-7(8)9/h6H,3-5H2,1-2H3. The molecule has 0 fully saturated rings. The van der Waals surface area contributed by atoms with Crippen molar-refractivity contribution in [1.82, 2.24) is 0 Å². The van der Waals surface area contributed by atoms with Crippen molar-refractivity contribution in [2.24, 2.45) is 0 Å². The number of hydrogen-bond donors (Lipinski definition) is 0. The Balaban J connectivity index is 3.49. The molecule has 0 aliphatic carbocycles. The second-order valence-corrected chi connectivity index (χ2v) is 2.37. The second kappa shape index (κ2) is 6.43. The van der Waals surface area contributed by atoms with Crippen LogP contribution in [0.3, 0.4) is 0 Å². The Labute approximate surface area is 71.6 Å². The van der Waals surface area contributed by atoms with Crippen molar-refractivity contribution in [3.8, 4) is 0 Å². The molecule has 11 heavy (non-hydrogen) atoms. The van der Waals surface area contributed by atoms with Gasteiger partial charge in [-0.15, -0.1) is 0 Å². The van der Waals surface area contributed by atoms with Gasteiger partial charge in [-0.2, -0.15) is 0 Å². The summed E-state index contributed by atoms with van der Waals surface area (Å²) < 4.78 is 9.73. The van der Waals surface area contributed by atoms with E-state index in [1.807, 2.05) is 13.8 Å². The Bertz CT molecular complexity index is 116. The van der Waals surface area contributed by atoms with Crippen LogP contribution in [0.5, 0.6) is 0 Å². The molecule has 0 heterocycles. The first kappa shape index (κ1) is 10.7. The third-order valence-electron chi connectivity index (χ3n) is 1.07. The van der Waals surface area contributed by atoms with Gasteiger partial charge in [0.15, 0.2) is 0 Å². The van der Waals surface area contributed by atoms with Crippen molar-refractivity contribution in [3.63, 3.8) is 0 Å². The quantitative estimate of drug-likeness (QED) is 0.482. The largest absolute Gasteiger partial charge is 0.424 e. The van der Waals surface area contributed by atoms with Crippen LogP contribution < -0.4 is 0 Å². The highest BCUT2D eigenvalue weighted by Crippen LogP contribution is 2.03. The normalized spacial score (nSPS) is 12.6. The minimum Gasteiger partial charge on any atom is -0.424 e. The van der Waals surface area contributed by atoms with E-state index in [4.69, 9.17) is 16.3 Å². The molecular formula is C7H13ClO3. The molecule has 66 valence electrons. The van der Waals surface area contributed by atoms with Crippen LogP contribution in [0.2, 0.25) is 0 Å². The Morgan fingerprint density at radius 1 is 1.55 bits per heavy atom. The van der Waals surface area contributed by atoms with Crippen molar-refractivity contribution < 1.29 is 14.3 Å². The summed E-state index contributed by atoms with van der Waals surface area (Å²) in [6.07, 6.45) is 1.04. The van der Waals surface area contributed by atoms with Crippen LogP contribution in [-0.2, 0) is 9.47 Å². The van der Waals surface area contributed by atoms with Crippen LogP contribution in [0.1, 0.15) is 26.7 Å². The lowest BCUT2D eigenvalue weighted by Gasteiger charge is -2.13. The van der Waals surface area contributed by atoms with Crippen molar-refractivity contribution in [3.05, 3.63) is 0 Å².